The Labute approximate surface area is 121 Å². The average Bonchev–Trinajstić information content (AvgIpc) is 2.48. The van der Waals surface area contributed by atoms with Crippen molar-refractivity contribution in [2.24, 2.45) is 11.7 Å². The summed E-state index contributed by atoms with van der Waals surface area (Å²) in [6.45, 7) is 5.41. The predicted molar refractivity (Wildman–Crippen MR) is 80.6 cm³/mol. The molecule has 1 saturated heterocycles. The summed E-state index contributed by atoms with van der Waals surface area (Å²) in [5.74, 6) is 6.30. The van der Waals surface area contributed by atoms with Crippen molar-refractivity contribution >= 4 is 0 Å². The van der Waals surface area contributed by atoms with Crippen molar-refractivity contribution in [3.8, 4) is 11.8 Å². The fraction of sp³-hybridized carbons (Fsp3) is 0.529. The van der Waals surface area contributed by atoms with Crippen LogP contribution in [0.25, 0.3) is 0 Å². The van der Waals surface area contributed by atoms with Gasteiger partial charge in [0.1, 0.15) is 5.82 Å². The molecule has 0 spiro atoms. The molecule has 1 fully saturated rings. The van der Waals surface area contributed by atoms with E-state index >= 15 is 0 Å². The van der Waals surface area contributed by atoms with Gasteiger partial charge in [-0.2, -0.15) is 0 Å². The van der Waals surface area contributed by atoms with E-state index in [0.717, 1.165) is 24.6 Å². The number of likely N-dealkylation sites (tertiary alicyclic amines) is 1. The summed E-state index contributed by atoms with van der Waals surface area (Å²) in [5, 5.41) is 0. The maximum absolute atomic E-state index is 14.0. The predicted octanol–water partition coefficient (Wildman–Crippen LogP) is 2.76. The van der Waals surface area contributed by atoms with Crippen molar-refractivity contribution < 1.29 is 4.39 Å². The van der Waals surface area contributed by atoms with Gasteiger partial charge in [-0.1, -0.05) is 31.3 Å². The number of halogens is 1. The number of hydrogen-bond donors (Lipinski definition) is 1. The first-order chi connectivity index (χ1) is 9.72. The topological polar surface area (TPSA) is 29.3 Å². The van der Waals surface area contributed by atoms with Crippen molar-refractivity contribution in [2.45, 2.75) is 32.7 Å². The van der Waals surface area contributed by atoms with Gasteiger partial charge in [-0.15, -0.1) is 0 Å². The largest absolute Gasteiger partial charge is 0.320 e. The normalized spacial score (nSPS) is 16.8. The summed E-state index contributed by atoms with van der Waals surface area (Å²) in [6.07, 6.45) is 3.73. The lowest BCUT2D eigenvalue weighted by Crippen LogP contribution is -2.33. The standard InChI is InChI=1S/C17H23FN2/c1-2-14-7-10-20(11-8-14)13-16-6-5-15(4-3-9-19)12-17(16)18/h5-6,12,14H,2,7-11,13,19H2,1H3. The van der Waals surface area contributed by atoms with Gasteiger partial charge in [0.05, 0.1) is 6.54 Å². The third-order valence-corrected chi connectivity index (χ3v) is 4.07. The highest BCUT2D eigenvalue weighted by atomic mass is 19.1. The van der Waals surface area contributed by atoms with E-state index < -0.39 is 0 Å². The van der Waals surface area contributed by atoms with E-state index in [2.05, 4.69) is 23.7 Å². The molecule has 1 aliphatic rings. The Kier molecular flexibility index (Phi) is 5.58. The summed E-state index contributed by atoms with van der Waals surface area (Å²) in [5.41, 5.74) is 6.77. The lowest BCUT2D eigenvalue weighted by molar-refractivity contribution is 0.173. The highest BCUT2D eigenvalue weighted by molar-refractivity contribution is 5.37. The fourth-order valence-corrected chi connectivity index (χ4v) is 2.70. The number of rotatable bonds is 3. The van der Waals surface area contributed by atoms with Crippen molar-refractivity contribution in [2.75, 3.05) is 19.6 Å². The third kappa shape index (κ3) is 4.06. The molecule has 2 rings (SSSR count). The number of piperidine rings is 1. The van der Waals surface area contributed by atoms with Crippen molar-refractivity contribution in [1.29, 1.82) is 0 Å². The van der Waals surface area contributed by atoms with E-state index in [1.807, 2.05) is 12.1 Å². The molecule has 0 aromatic heterocycles. The molecule has 1 aromatic carbocycles. The van der Waals surface area contributed by atoms with Crippen LogP contribution in [-0.2, 0) is 6.54 Å². The Bertz CT molecular complexity index is 493. The van der Waals surface area contributed by atoms with E-state index in [-0.39, 0.29) is 5.82 Å². The highest BCUT2D eigenvalue weighted by Crippen LogP contribution is 2.22. The van der Waals surface area contributed by atoms with E-state index in [0.29, 0.717) is 18.7 Å². The van der Waals surface area contributed by atoms with Gasteiger partial charge >= 0.3 is 0 Å². The zero-order chi connectivity index (χ0) is 14.4. The number of benzene rings is 1. The van der Waals surface area contributed by atoms with E-state index in [4.69, 9.17) is 5.73 Å². The van der Waals surface area contributed by atoms with Crippen molar-refractivity contribution in [3.63, 3.8) is 0 Å². The zero-order valence-corrected chi connectivity index (χ0v) is 12.2. The molecular formula is C17H23FN2. The van der Waals surface area contributed by atoms with Crippen molar-refractivity contribution in [1.82, 2.24) is 4.90 Å². The average molecular weight is 274 g/mol. The van der Waals surface area contributed by atoms with Crippen molar-refractivity contribution in [3.05, 3.63) is 35.1 Å². The van der Waals surface area contributed by atoms with Crippen LogP contribution in [0, 0.1) is 23.6 Å². The molecular weight excluding hydrogens is 251 g/mol. The van der Waals surface area contributed by atoms with Crippen LogP contribution in [-0.4, -0.2) is 24.5 Å². The monoisotopic (exact) mass is 274 g/mol. The lowest BCUT2D eigenvalue weighted by Gasteiger charge is -2.31. The first kappa shape index (κ1) is 15.0. The molecule has 0 bridgehead atoms. The van der Waals surface area contributed by atoms with Crippen LogP contribution in [0.5, 0.6) is 0 Å². The lowest BCUT2D eigenvalue weighted by atomic mass is 9.94. The van der Waals surface area contributed by atoms with E-state index in [1.54, 1.807) is 0 Å². The van der Waals surface area contributed by atoms with Gasteiger partial charge in [0.25, 0.3) is 0 Å². The van der Waals surface area contributed by atoms with Crippen LogP contribution >= 0.6 is 0 Å². The molecule has 0 unspecified atom stereocenters. The summed E-state index contributed by atoms with van der Waals surface area (Å²) in [6, 6.07) is 5.23. The van der Waals surface area contributed by atoms with Gasteiger partial charge in [-0.25, -0.2) is 4.39 Å². The van der Waals surface area contributed by atoms with Crippen LogP contribution in [0.1, 0.15) is 37.3 Å². The number of nitrogens with two attached hydrogens (primary N) is 1. The van der Waals surface area contributed by atoms with E-state index in [1.165, 1.54) is 25.3 Å². The number of nitrogens with zero attached hydrogens (tertiary/aromatic N) is 1. The van der Waals surface area contributed by atoms with Crippen LogP contribution < -0.4 is 5.73 Å². The summed E-state index contributed by atoms with van der Waals surface area (Å²) in [4.78, 5) is 2.34. The molecule has 0 aliphatic carbocycles. The molecule has 1 heterocycles. The van der Waals surface area contributed by atoms with Gasteiger partial charge in [0.2, 0.25) is 0 Å². The fourth-order valence-electron chi connectivity index (χ4n) is 2.70. The Balaban J connectivity index is 1.96. The second-order valence-corrected chi connectivity index (χ2v) is 5.44. The van der Waals surface area contributed by atoms with E-state index in [9.17, 15) is 4.39 Å². The molecule has 0 amide bonds. The Morgan fingerprint density at radius 1 is 1.35 bits per heavy atom. The Hall–Kier alpha value is -1.37. The maximum atomic E-state index is 14.0. The minimum atomic E-state index is -0.161. The van der Waals surface area contributed by atoms with Gasteiger partial charge in [-0.3, -0.25) is 4.90 Å². The highest BCUT2D eigenvalue weighted by Gasteiger charge is 2.18. The third-order valence-electron chi connectivity index (χ3n) is 4.07. The van der Waals surface area contributed by atoms with Crippen LogP contribution in [0.15, 0.2) is 18.2 Å². The van der Waals surface area contributed by atoms with Crippen LogP contribution in [0.3, 0.4) is 0 Å². The van der Waals surface area contributed by atoms with Gasteiger partial charge < -0.3 is 5.73 Å². The molecule has 0 atom stereocenters. The molecule has 20 heavy (non-hydrogen) atoms. The first-order valence-electron chi connectivity index (χ1n) is 7.42. The first-order valence-corrected chi connectivity index (χ1v) is 7.42. The van der Waals surface area contributed by atoms with Gasteiger partial charge in [0.15, 0.2) is 0 Å². The molecule has 1 aromatic rings. The molecule has 1 aliphatic heterocycles. The van der Waals surface area contributed by atoms with Crippen LogP contribution in [0.4, 0.5) is 4.39 Å². The molecule has 0 radical (unpaired) electrons. The maximum Gasteiger partial charge on any atom is 0.128 e. The second-order valence-electron chi connectivity index (χ2n) is 5.44. The zero-order valence-electron chi connectivity index (χ0n) is 12.2. The minimum absolute atomic E-state index is 0.161. The molecule has 2 nitrogen and oxygen atoms in total. The Morgan fingerprint density at radius 2 is 2.10 bits per heavy atom. The SMILES string of the molecule is CCC1CCN(Cc2ccc(C#CCN)cc2F)CC1. The molecule has 0 saturated carbocycles. The smallest absolute Gasteiger partial charge is 0.128 e. The second kappa shape index (κ2) is 7.42. The Morgan fingerprint density at radius 3 is 2.70 bits per heavy atom. The van der Waals surface area contributed by atoms with Gasteiger partial charge in [0, 0.05) is 17.7 Å². The summed E-state index contributed by atoms with van der Waals surface area (Å²) in [7, 11) is 0. The summed E-state index contributed by atoms with van der Waals surface area (Å²) < 4.78 is 14.0. The molecule has 2 N–H and O–H groups in total. The number of hydrogen-bond acceptors (Lipinski definition) is 2. The minimum Gasteiger partial charge on any atom is -0.320 e. The molecule has 3 heteroatoms. The van der Waals surface area contributed by atoms with Crippen LogP contribution in [0.2, 0.25) is 0 Å². The quantitative estimate of drug-likeness (QED) is 0.859. The molecule has 108 valence electrons. The summed E-state index contributed by atoms with van der Waals surface area (Å²) >= 11 is 0. The van der Waals surface area contributed by atoms with Gasteiger partial charge in [-0.05, 0) is 44.0 Å².